The molecule has 7 heteroatoms. The topological polar surface area (TPSA) is 87.3 Å². The molecule has 88 valence electrons. The third-order valence-electron chi connectivity index (χ3n) is 2.29. The molecule has 3 N–H and O–H groups in total. The van der Waals surface area contributed by atoms with Crippen LogP contribution in [0.1, 0.15) is 12.8 Å². The molecule has 0 aliphatic carbocycles. The van der Waals surface area contributed by atoms with Crippen LogP contribution in [0.3, 0.4) is 0 Å². The number of hydrogen-bond donors (Lipinski definition) is 3. The quantitative estimate of drug-likeness (QED) is 0.548. The molecule has 0 spiro atoms. The lowest BCUT2D eigenvalue weighted by Crippen LogP contribution is -2.47. The Balaban J connectivity index is 2.35. The Bertz CT molecular complexity index is 309. The Labute approximate surface area is 89.9 Å². The molecule has 1 rings (SSSR count). The number of piperidine rings is 1. The summed E-state index contributed by atoms with van der Waals surface area (Å²) in [5, 5.41) is 5.83. The second-order valence-electron chi connectivity index (χ2n) is 3.57. The summed E-state index contributed by atoms with van der Waals surface area (Å²) in [6, 6.07) is 0.0540. The van der Waals surface area contributed by atoms with E-state index >= 15 is 0 Å². The number of hydrogen-bond acceptors (Lipinski definition) is 4. The predicted molar refractivity (Wildman–Crippen MR) is 56.9 cm³/mol. The van der Waals surface area contributed by atoms with Gasteiger partial charge < -0.3 is 10.6 Å². The second kappa shape index (κ2) is 5.43. The summed E-state index contributed by atoms with van der Waals surface area (Å²) in [7, 11) is -2.16. The Morgan fingerprint density at radius 2 is 2.27 bits per heavy atom. The minimum Gasteiger partial charge on any atom is -0.351 e. The number of carbonyl (C=O) groups is 1. The fourth-order valence-electron chi connectivity index (χ4n) is 1.49. The van der Waals surface area contributed by atoms with Crippen LogP contribution in [0.25, 0.3) is 0 Å². The Morgan fingerprint density at radius 3 is 2.80 bits per heavy atom. The van der Waals surface area contributed by atoms with Crippen LogP contribution in [0, 0.1) is 0 Å². The number of rotatable bonds is 4. The van der Waals surface area contributed by atoms with Gasteiger partial charge >= 0.3 is 0 Å². The smallest absolute Gasteiger partial charge is 0.236 e. The Morgan fingerprint density at radius 1 is 1.53 bits per heavy atom. The SMILES string of the molecule is CNS(=O)(=O)CC(=O)NC1CCCNC1. The zero-order valence-electron chi connectivity index (χ0n) is 8.75. The van der Waals surface area contributed by atoms with Crippen molar-refractivity contribution >= 4 is 15.9 Å². The maximum absolute atomic E-state index is 11.3. The molecule has 1 amide bonds. The zero-order valence-corrected chi connectivity index (χ0v) is 9.56. The van der Waals surface area contributed by atoms with Crippen LogP contribution in [-0.2, 0) is 14.8 Å². The van der Waals surface area contributed by atoms with Gasteiger partial charge in [0, 0.05) is 12.6 Å². The van der Waals surface area contributed by atoms with E-state index in [9.17, 15) is 13.2 Å². The molecule has 0 radical (unpaired) electrons. The molecule has 6 nitrogen and oxygen atoms in total. The van der Waals surface area contributed by atoms with Gasteiger partial charge in [0.1, 0.15) is 5.75 Å². The highest BCUT2D eigenvalue weighted by Crippen LogP contribution is 2.00. The van der Waals surface area contributed by atoms with Crippen LogP contribution in [0.15, 0.2) is 0 Å². The largest absolute Gasteiger partial charge is 0.351 e. The third kappa shape index (κ3) is 4.59. The van der Waals surface area contributed by atoms with E-state index in [-0.39, 0.29) is 6.04 Å². The van der Waals surface area contributed by atoms with Gasteiger partial charge in [-0.25, -0.2) is 13.1 Å². The van der Waals surface area contributed by atoms with Gasteiger partial charge in [0.2, 0.25) is 15.9 Å². The third-order valence-corrected chi connectivity index (χ3v) is 3.56. The molecule has 1 heterocycles. The first kappa shape index (κ1) is 12.4. The normalized spacial score (nSPS) is 22.3. The number of nitrogens with one attached hydrogen (secondary N) is 3. The molecule has 0 aromatic heterocycles. The van der Waals surface area contributed by atoms with E-state index in [1.807, 2.05) is 0 Å². The number of amides is 1. The van der Waals surface area contributed by atoms with Crippen molar-refractivity contribution in [3.05, 3.63) is 0 Å². The molecule has 1 unspecified atom stereocenters. The highest BCUT2D eigenvalue weighted by molar-refractivity contribution is 7.90. The summed E-state index contributed by atoms with van der Waals surface area (Å²) in [4.78, 5) is 11.3. The monoisotopic (exact) mass is 235 g/mol. The minimum absolute atomic E-state index is 0.0540. The fourth-order valence-corrected chi connectivity index (χ4v) is 2.06. The van der Waals surface area contributed by atoms with Crippen LogP contribution in [0.5, 0.6) is 0 Å². The molecule has 15 heavy (non-hydrogen) atoms. The van der Waals surface area contributed by atoms with Crippen molar-refractivity contribution in [2.24, 2.45) is 0 Å². The van der Waals surface area contributed by atoms with Gasteiger partial charge in [0.25, 0.3) is 0 Å². The van der Waals surface area contributed by atoms with Gasteiger partial charge in [-0.15, -0.1) is 0 Å². The molecule has 1 atom stereocenters. The lowest BCUT2D eigenvalue weighted by Gasteiger charge is -2.23. The van der Waals surface area contributed by atoms with Gasteiger partial charge in [-0.05, 0) is 26.4 Å². The molecular weight excluding hydrogens is 218 g/mol. The average molecular weight is 235 g/mol. The van der Waals surface area contributed by atoms with Gasteiger partial charge in [-0.3, -0.25) is 4.79 Å². The predicted octanol–water partition coefficient (Wildman–Crippen LogP) is -1.60. The summed E-state index contributed by atoms with van der Waals surface area (Å²) < 4.78 is 24.2. The lowest BCUT2D eigenvalue weighted by molar-refractivity contribution is -0.119. The van der Waals surface area contributed by atoms with E-state index < -0.39 is 21.7 Å². The molecule has 0 bridgehead atoms. The average Bonchev–Trinajstić information content (AvgIpc) is 2.18. The molecule has 1 saturated heterocycles. The first-order chi connectivity index (χ1) is 7.03. The maximum atomic E-state index is 11.3. The van der Waals surface area contributed by atoms with Crippen molar-refractivity contribution in [1.82, 2.24) is 15.4 Å². The summed E-state index contributed by atoms with van der Waals surface area (Å²) >= 11 is 0. The Hall–Kier alpha value is -0.660. The van der Waals surface area contributed by atoms with Gasteiger partial charge in [-0.1, -0.05) is 0 Å². The van der Waals surface area contributed by atoms with Crippen LogP contribution in [0.2, 0.25) is 0 Å². The summed E-state index contributed by atoms with van der Waals surface area (Å²) in [6.07, 6.45) is 1.90. The minimum atomic E-state index is -3.45. The maximum Gasteiger partial charge on any atom is 0.236 e. The van der Waals surface area contributed by atoms with E-state index in [0.29, 0.717) is 6.54 Å². The van der Waals surface area contributed by atoms with Gasteiger partial charge in [0.15, 0.2) is 0 Å². The summed E-state index contributed by atoms with van der Waals surface area (Å²) in [6.45, 7) is 1.67. The lowest BCUT2D eigenvalue weighted by atomic mass is 10.1. The molecule has 0 saturated carbocycles. The van der Waals surface area contributed by atoms with E-state index in [0.717, 1.165) is 19.4 Å². The van der Waals surface area contributed by atoms with E-state index in [2.05, 4.69) is 15.4 Å². The van der Waals surface area contributed by atoms with Crippen LogP contribution >= 0.6 is 0 Å². The van der Waals surface area contributed by atoms with E-state index in [1.165, 1.54) is 7.05 Å². The Kier molecular flexibility index (Phi) is 4.49. The highest BCUT2D eigenvalue weighted by Gasteiger charge is 2.19. The molecule has 1 aliphatic rings. The van der Waals surface area contributed by atoms with Crippen molar-refractivity contribution < 1.29 is 13.2 Å². The van der Waals surface area contributed by atoms with Crippen LogP contribution < -0.4 is 15.4 Å². The van der Waals surface area contributed by atoms with Crippen molar-refractivity contribution in [3.63, 3.8) is 0 Å². The zero-order chi connectivity index (χ0) is 11.3. The molecular formula is C8H17N3O3S. The van der Waals surface area contributed by atoms with Gasteiger partial charge in [-0.2, -0.15) is 0 Å². The first-order valence-electron chi connectivity index (χ1n) is 4.95. The fraction of sp³-hybridized carbons (Fsp3) is 0.875. The second-order valence-corrected chi connectivity index (χ2v) is 5.50. The van der Waals surface area contributed by atoms with Crippen molar-refractivity contribution in [2.75, 3.05) is 25.9 Å². The molecule has 0 aromatic carbocycles. The van der Waals surface area contributed by atoms with Crippen molar-refractivity contribution in [1.29, 1.82) is 0 Å². The molecule has 1 fully saturated rings. The highest BCUT2D eigenvalue weighted by atomic mass is 32.2. The van der Waals surface area contributed by atoms with E-state index in [4.69, 9.17) is 0 Å². The summed E-state index contributed by atoms with van der Waals surface area (Å²) in [5.41, 5.74) is 0. The van der Waals surface area contributed by atoms with Gasteiger partial charge in [0.05, 0.1) is 0 Å². The number of sulfonamides is 1. The standard InChI is InChI=1S/C8H17N3O3S/c1-9-15(13,14)6-8(12)11-7-3-2-4-10-5-7/h7,9-10H,2-6H2,1H3,(H,11,12). The van der Waals surface area contributed by atoms with Crippen LogP contribution in [0.4, 0.5) is 0 Å². The van der Waals surface area contributed by atoms with Crippen molar-refractivity contribution in [3.8, 4) is 0 Å². The van der Waals surface area contributed by atoms with E-state index in [1.54, 1.807) is 0 Å². The first-order valence-corrected chi connectivity index (χ1v) is 6.60. The number of carbonyl (C=O) groups excluding carboxylic acids is 1. The van der Waals surface area contributed by atoms with Crippen molar-refractivity contribution in [2.45, 2.75) is 18.9 Å². The van der Waals surface area contributed by atoms with Crippen LogP contribution in [-0.4, -0.2) is 46.3 Å². The molecule has 0 aromatic rings. The molecule has 1 aliphatic heterocycles. The summed E-state index contributed by atoms with van der Waals surface area (Å²) in [5.74, 6) is -0.946.